The summed E-state index contributed by atoms with van der Waals surface area (Å²) in [5, 5.41) is 0.106. The Balaban J connectivity index is 2.72. The third kappa shape index (κ3) is 1.34. The van der Waals surface area contributed by atoms with E-state index in [0.717, 1.165) is 7.13 Å². The van der Waals surface area contributed by atoms with Crippen LogP contribution >= 0.6 is 0 Å². The number of para-hydroxylation sites is 1. The summed E-state index contributed by atoms with van der Waals surface area (Å²) >= 11 is 0. The van der Waals surface area contributed by atoms with Crippen molar-refractivity contribution in [3.63, 3.8) is 0 Å². The summed E-state index contributed by atoms with van der Waals surface area (Å²) in [7, 11) is 0.741. The first-order valence-corrected chi connectivity index (χ1v) is 3.62. The van der Waals surface area contributed by atoms with Gasteiger partial charge in [-0.3, -0.25) is 0 Å². The maximum atomic E-state index is 12.3. The van der Waals surface area contributed by atoms with Gasteiger partial charge in [0, 0.05) is 0 Å². The van der Waals surface area contributed by atoms with E-state index >= 15 is 0 Å². The van der Waals surface area contributed by atoms with Gasteiger partial charge < -0.3 is 0 Å². The number of hydrogen-bond acceptors (Lipinski definition) is 1. The van der Waals surface area contributed by atoms with Crippen molar-refractivity contribution < 1.29 is 17.5 Å². The van der Waals surface area contributed by atoms with Crippen molar-refractivity contribution >= 4 is 18.1 Å². The Hall–Kier alpha value is -1.26. The molecule has 0 atom stereocenters. The molecule has 1 heterocycles. The Morgan fingerprint density at radius 1 is 1.15 bits per heavy atom. The van der Waals surface area contributed by atoms with Gasteiger partial charge in [0.2, 0.25) is 0 Å². The Bertz CT molecular complexity index is 432. The minimum atomic E-state index is -4.34. The maximum absolute atomic E-state index is 12.3. The molecule has 0 saturated heterocycles. The summed E-state index contributed by atoms with van der Waals surface area (Å²) in [6, 6.07) is 6.07. The first kappa shape index (κ1) is 8.35. The van der Waals surface area contributed by atoms with Gasteiger partial charge in [0.1, 0.15) is 0 Å². The molecular formula is C8H4BF3O. The Morgan fingerprint density at radius 2 is 1.85 bits per heavy atom. The van der Waals surface area contributed by atoms with Gasteiger partial charge in [-0.2, -0.15) is 0 Å². The molecule has 0 bridgehead atoms. The molecule has 66 valence electrons. The third-order valence-corrected chi connectivity index (χ3v) is 1.79. The zero-order valence-electron chi connectivity index (χ0n) is 6.43. The average molecular weight is 184 g/mol. The molecule has 13 heavy (non-hydrogen) atoms. The normalized spacial score (nSPS) is 11.9. The van der Waals surface area contributed by atoms with Crippen LogP contribution < -0.4 is 0 Å². The van der Waals surface area contributed by atoms with E-state index in [-0.39, 0.29) is 11.0 Å². The predicted octanol–water partition coefficient (Wildman–Crippen LogP) is 2.79. The van der Waals surface area contributed by atoms with Crippen molar-refractivity contribution in [2.75, 3.05) is 0 Å². The molecule has 0 spiro atoms. The first-order valence-electron chi connectivity index (χ1n) is 3.62. The van der Waals surface area contributed by atoms with Gasteiger partial charge in [0.05, 0.1) is 0 Å². The molecule has 0 saturated carbocycles. The van der Waals surface area contributed by atoms with Crippen LogP contribution in [0.4, 0.5) is 13.2 Å². The zero-order chi connectivity index (χ0) is 9.47. The SMILES string of the molecule is FC(F)(F)c1boc2ccccc12. The van der Waals surface area contributed by atoms with Gasteiger partial charge in [0.15, 0.2) is 0 Å². The molecule has 1 nitrogen and oxygen atoms in total. The minimum absolute atomic E-state index is 0.106. The fourth-order valence-electron chi connectivity index (χ4n) is 1.20. The quantitative estimate of drug-likeness (QED) is 0.613. The summed E-state index contributed by atoms with van der Waals surface area (Å²) in [6.07, 6.45) is -4.34. The molecule has 2 rings (SSSR count). The van der Waals surface area contributed by atoms with Crippen LogP contribution in [0.15, 0.2) is 28.6 Å². The van der Waals surface area contributed by atoms with Crippen LogP contribution in [0.2, 0.25) is 0 Å². The predicted molar refractivity (Wildman–Crippen MR) is 42.6 cm³/mol. The van der Waals surface area contributed by atoms with Crippen LogP contribution in [0.3, 0.4) is 0 Å². The summed E-state index contributed by atoms with van der Waals surface area (Å²) in [5.41, 5.74) is -0.460. The molecule has 1 aromatic carbocycles. The van der Waals surface area contributed by atoms with E-state index in [0.29, 0.717) is 0 Å². The Labute approximate surface area is 72.4 Å². The summed E-state index contributed by atoms with van der Waals surface area (Å²) in [5.74, 6) is 0. The van der Waals surface area contributed by atoms with Crippen LogP contribution in [0, 0.1) is 0 Å². The number of hydrogen-bond donors (Lipinski definition) is 0. The van der Waals surface area contributed by atoms with Crippen molar-refractivity contribution in [2.24, 2.45) is 0 Å². The fourth-order valence-corrected chi connectivity index (χ4v) is 1.20. The van der Waals surface area contributed by atoms with Crippen LogP contribution in [0.25, 0.3) is 11.0 Å². The molecule has 0 unspecified atom stereocenters. The van der Waals surface area contributed by atoms with E-state index in [1.54, 1.807) is 12.1 Å². The van der Waals surface area contributed by atoms with E-state index < -0.39 is 11.6 Å². The Morgan fingerprint density at radius 3 is 2.54 bits per heavy atom. The second-order valence-electron chi connectivity index (χ2n) is 2.64. The molecule has 0 fully saturated rings. The van der Waals surface area contributed by atoms with Gasteiger partial charge >= 0.3 is 71.5 Å². The molecule has 0 aliphatic heterocycles. The number of halogens is 3. The number of alkyl halides is 3. The van der Waals surface area contributed by atoms with Gasteiger partial charge in [-0.05, 0) is 0 Å². The molecule has 1 aromatic heterocycles. The number of benzene rings is 1. The van der Waals surface area contributed by atoms with Crippen LogP contribution in [0.1, 0.15) is 5.46 Å². The van der Waals surface area contributed by atoms with Crippen molar-refractivity contribution in [1.82, 2.24) is 0 Å². The summed E-state index contributed by atoms with van der Waals surface area (Å²) in [4.78, 5) is 0. The second kappa shape index (κ2) is 2.62. The van der Waals surface area contributed by atoms with E-state index in [1.807, 2.05) is 0 Å². The van der Waals surface area contributed by atoms with Gasteiger partial charge in [-0.25, -0.2) is 0 Å². The number of rotatable bonds is 0. The first-order chi connectivity index (χ1) is 6.09. The monoisotopic (exact) mass is 184 g/mol. The molecule has 0 aliphatic rings. The molecule has 0 amide bonds. The van der Waals surface area contributed by atoms with Gasteiger partial charge in [-0.1, -0.05) is 0 Å². The zero-order valence-corrected chi connectivity index (χ0v) is 6.43. The van der Waals surface area contributed by atoms with Crippen LogP contribution in [-0.2, 0) is 6.18 Å². The fraction of sp³-hybridized carbons (Fsp3) is 0.125. The van der Waals surface area contributed by atoms with Crippen molar-refractivity contribution in [1.29, 1.82) is 0 Å². The van der Waals surface area contributed by atoms with E-state index in [9.17, 15) is 13.2 Å². The van der Waals surface area contributed by atoms with E-state index in [2.05, 4.69) is 0 Å². The van der Waals surface area contributed by atoms with Gasteiger partial charge in [0.25, 0.3) is 0 Å². The molecule has 0 N–H and O–H groups in total. The van der Waals surface area contributed by atoms with Crippen molar-refractivity contribution in [3.05, 3.63) is 29.7 Å². The van der Waals surface area contributed by atoms with E-state index in [4.69, 9.17) is 4.33 Å². The van der Waals surface area contributed by atoms with Crippen molar-refractivity contribution in [3.8, 4) is 0 Å². The Kier molecular flexibility index (Phi) is 1.68. The van der Waals surface area contributed by atoms with Crippen LogP contribution in [0.5, 0.6) is 0 Å². The molecule has 5 heteroatoms. The summed E-state index contributed by atoms with van der Waals surface area (Å²) < 4.78 is 41.6. The van der Waals surface area contributed by atoms with Crippen molar-refractivity contribution in [2.45, 2.75) is 6.18 Å². The topological polar surface area (TPSA) is 13.1 Å². The average Bonchev–Trinajstić information content (AvgIpc) is 2.45. The van der Waals surface area contributed by atoms with Crippen LogP contribution in [-0.4, -0.2) is 7.13 Å². The number of fused-ring (bicyclic) bond motifs is 1. The standard InChI is InChI=1S/C8H4BF3O/c10-8(11,12)7-5-3-1-2-4-6(5)13-9-7/h1-4H. The molecule has 2 aromatic rings. The molecule has 0 aliphatic carbocycles. The molecule has 0 radical (unpaired) electrons. The molecular weight excluding hydrogens is 180 g/mol. The van der Waals surface area contributed by atoms with Gasteiger partial charge in [-0.15, -0.1) is 0 Å². The van der Waals surface area contributed by atoms with E-state index in [1.165, 1.54) is 12.1 Å². The third-order valence-electron chi connectivity index (χ3n) is 1.79. The second-order valence-corrected chi connectivity index (χ2v) is 2.64. The summed E-state index contributed by atoms with van der Waals surface area (Å²) in [6.45, 7) is 0.